The van der Waals surface area contributed by atoms with Gasteiger partial charge in [-0.1, -0.05) is 54.6 Å². The molecule has 28 heavy (non-hydrogen) atoms. The maximum Gasteiger partial charge on any atom is 0.223 e. The molecule has 3 aromatic carbocycles. The predicted molar refractivity (Wildman–Crippen MR) is 120 cm³/mol. The second-order valence-corrected chi connectivity index (χ2v) is 8.49. The fourth-order valence-electron chi connectivity index (χ4n) is 4.24. The molecule has 0 aliphatic heterocycles. The van der Waals surface area contributed by atoms with Gasteiger partial charge in [-0.2, -0.15) is 0 Å². The number of nitrogens with zero attached hydrogens (tertiary/aromatic N) is 2. The molecule has 0 fully saturated rings. The Morgan fingerprint density at radius 3 is 2.57 bits per heavy atom. The predicted octanol–water partition coefficient (Wildman–Crippen LogP) is 7.28. The fourth-order valence-corrected chi connectivity index (χ4v) is 5.56. The first-order valence-corrected chi connectivity index (χ1v) is 10.6. The first kappa shape index (κ1) is 16.2. The standard InChI is InChI=1S/C24H15ClN2S/c25-24-26-21-18-11-5-6-12-20(18)28-23(21)22(27-24)19-13-14-7-1-2-8-15(14)16-9-3-4-10-17(16)19/h2-6,8-13H,1,7H2. The molecule has 5 aromatic rings. The highest BCUT2D eigenvalue weighted by Crippen LogP contribution is 2.42. The third-order valence-corrected chi connectivity index (χ3v) is 6.82. The summed E-state index contributed by atoms with van der Waals surface area (Å²) in [5.41, 5.74) is 5.73. The summed E-state index contributed by atoms with van der Waals surface area (Å²) in [4.78, 5) is 9.28. The molecule has 2 nitrogen and oxygen atoms in total. The van der Waals surface area contributed by atoms with E-state index < -0.39 is 0 Å². The van der Waals surface area contributed by atoms with E-state index in [0.717, 1.165) is 39.7 Å². The molecule has 0 saturated carbocycles. The molecule has 2 heterocycles. The second-order valence-electron chi connectivity index (χ2n) is 7.10. The molecule has 0 spiro atoms. The van der Waals surface area contributed by atoms with Crippen molar-refractivity contribution in [2.75, 3.05) is 0 Å². The lowest BCUT2D eigenvalue weighted by Crippen LogP contribution is -1.98. The molecule has 6 rings (SSSR count). The van der Waals surface area contributed by atoms with Crippen LogP contribution in [0.15, 0.2) is 60.7 Å². The van der Waals surface area contributed by atoms with E-state index in [1.54, 1.807) is 11.3 Å². The van der Waals surface area contributed by atoms with Crippen LogP contribution in [0, 0.1) is 0 Å². The topological polar surface area (TPSA) is 25.8 Å². The molecule has 0 saturated heterocycles. The van der Waals surface area contributed by atoms with Crippen molar-refractivity contribution in [1.29, 1.82) is 0 Å². The molecular formula is C24H15ClN2S. The smallest absolute Gasteiger partial charge is 0.216 e. The highest BCUT2D eigenvalue weighted by Gasteiger charge is 2.19. The summed E-state index contributed by atoms with van der Waals surface area (Å²) >= 11 is 8.14. The number of aromatic nitrogens is 2. The third kappa shape index (κ3) is 2.33. The minimum Gasteiger partial charge on any atom is -0.216 e. The maximum atomic E-state index is 6.40. The van der Waals surface area contributed by atoms with Crippen LogP contribution < -0.4 is 0 Å². The van der Waals surface area contributed by atoms with Crippen molar-refractivity contribution in [2.45, 2.75) is 12.8 Å². The lowest BCUT2D eigenvalue weighted by molar-refractivity contribution is 0.990. The number of aryl methyl sites for hydroxylation is 1. The first-order chi connectivity index (χ1) is 13.8. The number of halogens is 1. The van der Waals surface area contributed by atoms with Crippen LogP contribution in [0.25, 0.3) is 48.4 Å². The van der Waals surface area contributed by atoms with Gasteiger partial charge in [0.1, 0.15) is 0 Å². The zero-order chi connectivity index (χ0) is 18.7. The molecule has 0 amide bonds. The molecule has 2 aromatic heterocycles. The number of thiophene rings is 1. The van der Waals surface area contributed by atoms with Crippen molar-refractivity contribution in [3.8, 4) is 11.3 Å². The Labute approximate surface area is 171 Å². The molecule has 0 radical (unpaired) electrons. The number of hydrogen-bond acceptors (Lipinski definition) is 3. The van der Waals surface area contributed by atoms with Crippen LogP contribution in [0.3, 0.4) is 0 Å². The number of hydrogen-bond donors (Lipinski definition) is 0. The van der Waals surface area contributed by atoms with E-state index in [2.05, 4.69) is 65.7 Å². The number of rotatable bonds is 1. The van der Waals surface area contributed by atoms with Crippen molar-refractivity contribution in [1.82, 2.24) is 9.97 Å². The van der Waals surface area contributed by atoms with Gasteiger partial charge in [0.25, 0.3) is 0 Å². The summed E-state index contributed by atoms with van der Waals surface area (Å²) in [6, 6.07) is 19.3. The van der Waals surface area contributed by atoms with Crippen LogP contribution in [0.2, 0.25) is 5.28 Å². The van der Waals surface area contributed by atoms with E-state index in [4.69, 9.17) is 16.6 Å². The van der Waals surface area contributed by atoms with Crippen LogP contribution in [0.1, 0.15) is 17.5 Å². The Morgan fingerprint density at radius 2 is 1.68 bits per heavy atom. The molecule has 0 atom stereocenters. The molecule has 0 bridgehead atoms. The Morgan fingerprint density at radius 1 is 0.893 bits per heavy atom. The van der Waals surface area contributed by atoms with E-state index >= 15 is 0 Å². The van der Waals surface area contributed by atoms with Crippen molar-refractivity contribution in [2.24, 2.45) is 0 Å². The van der Waals surface area contributed by atoms with Crippen molar-refractivity contribution in [3.05, 3.63) is 77.1 Å². The number of fused-ring (bicyclic) bond motifs is 6. The zero-order valence-corrected chi connectivity index (χ0v) is 16.5. The average Bonchev–Trinajstić information content (AvgIpc) is 3.11. The maximum absolute atomic E-state index is 6.40. The lowest BCUT2D eigenvalue weighted by Gasteiger charge is -2.17. The van der Waals surface area contributed by atoms with E-state index in [1.807, 2.05) is 6.07 Å². The minimum atomic E-state index is 0.299. The fraction of sp³-hybridized carbons (Fsp3) is 0.0833. The molecule has 4 heteroatoms. The van der Waals surface area contributed by atoms with Crippen molar-refractivity contribution >= 4 is 60.1 Å². The summed E-state index contributed by atoms with van der Waals surface area (Å²) in [5.74, 6) is 0. The van der Waals surface area contributed by atoms with Gasteiger partial charge >= 0.3 is 0 Å². The van der Waals surface area contributed by atoms with E-state index in [0.29, 0.717) is 5.28 Å². The van der Waals surface area contributed by atoms with E-state index in [9.17, 15) is 0 Å². The zero-order valence-electron chi connectivity index (χ0n) is 14.9. The summed E-state index contributed by atoms with van der Waals surface area (Å²) in [7, 11) is 0. The van der Waals surface area contributed by atoms with Gasteiger partial charge in [0.2, 0.25) is 5.28 Å². The van der Waals surface area contributed by atoms with Gasteiger partial charge in [-0.05, 0) is 58.5 Å². The quantitative estimate of drug-likeness (QED) is 0.277. The van der Waals surface area contributed by atoms with Gasteiger partial charge in [-0.3, -0.25) is 0 Å². The van der Waals surface area contributed by atoms with Crippen LogP contribution in [-0.4, -0.2) is 9.97 Å². The number of allylic oxidation sites excluding steroid dienone is 1. The SMILES string of the molecule is Clc1nc(-c2cc3c(c4ccccc24)C=CCC3)c2sc3ccccc3c2n1. The molecular weight excluding hydrogens is 384 g/mol. The normalized spacial score (nSPS) is 13.5. The van der Waals surface area contributed by atoms with Crippen LogP contribution in [-0.2, 0) is 6.42 Å². The van der Waals surface area contributed by atoms with Gasteiger partial charge in [-0.15, -0.1) is 11.3 Å². The van der Waals surface area contributed by atoms with Crippen LogP contribution in [0.5, 0.6) is 0 Å². The lowest BCUT2D eigenvalue weighted by atomic mass is 9.88. The van der Waals surface area contributed by atoms with E-state index in [-0.39, 0.29) is 0 Å². The third-order valence-electron chi connectivity index (χ3n) is 5.48. The molecule has 1 aliphatic carbocycles. The molecule has 1 aliphatic rings. The second kappa shape index (κ2) is 6.13. The van der Waals surface area contributed by atoms with Gasteiger partial charge in [0.05, 0.1) is 15.9 Å². The van der Waals surface area contributed by atoms with Crippen LogP contribution >= 0.6 is 22.9 Å². The summed E-state index contributed by atoms with van der Waals surface area (Å²) in [6.45, 7) is 0. The Balaban J connectivity index is 1.77. The van der Waals surface area contributed by atoms with Gasteiger partial charge in [0, 0.05) is 15.6 Å². The van der Waals surface area contributed by atoms with Gasteiger partial charge in [0.15, 0.2) is 0 Å². The summed E-state index contributed by atoms with van der Waals surface area (Å²) in [6.07, 6.45) is 6.65. The monoisotopic (exact) mass is 398 g/mol. The summed E-state index contributed by atoms with van der Waals surface area (Å²) in [5, 5.41) is 3.92. The Hall–Kier alpha value is -2.75. The van der Waals surface area contributed by atoms with Crippen molar-refractivity contribution < 1.29 is 0 Å². The largest absolute Gasteiger partial charge is 0.223 e. The van der Waals surface area contributed by atoms with Gasteiger partial charge < -0.3 is 0 Å². The van der Waals surface area contributed by atoms with Crippen molar-refractivity contribution in [3.63, 3.8) is 0 Å². The first-order valence-electron chi connectivity index (χ1n) is 9.36. The number of benzene rings is 3. The molecule has 0 N–H and O–H groups in total. The molecule has 0 unspecified atom stereocenters. The Kier molecular flexibility index (Phi) is 3.55. The average molecular weight is 399 g/mol. The summed E-state index contributed by atoms with van der Waals surface area (Å²) < 4.78 is 2.31. The van der Waals surface area contributed by atoms with Crippen LogP contribution in [0.4, 0.5) is 0 Å². The highest BCUT2D eigenvalue weighted by molar-refractivity contribution is 7.26. The highest BCUT2D eigenvalue weighted by atomic mass is 35.5. The minimum absolute atomic E-state index is 0.299. The molecule has 134 valence electrons. The Bertz CT molecular complexity index is 1430. The van der Waals surface area contributed by atoms with Gasteiger partial charge in [-0.25, -0.2) is 9.97 Å². The van der Waals surface area contributed by atoms with E-state index in [1.165, 1.54) is 26.6 Å².